The van der Waals surface area contributed by atoms with Crippen molar-refractivity contribution >= 4 is 39.3 Å². The molecule has 0 bridgehead atoms. The smallest absolute Gasteiger partial charge is 0.255 e. The van der Waals surface area contributed by atoms with Gasteiger partial charge in [-0.05, 0) is 60.2 Å². The lowest BCUT2D eigenvalue weighted by Crippen LogP contribution is -2.36. The molecule has 0 saturated carbocycles. The molecule has 0 unspecified atom stereocenters. The minimum Gasteiger partial charge on any atom is -0.350 e. The van der Waals surface area contributed by atoms with Gasteiger partial charge in [-0.3, -0.25) is 14.4 Å². The fourth-order valence-electron chi connectivity index (χ4n) is 2.72. The van der Waals surface area contributed by atoms with Crippen LogP contribution in [0.5, 0.6) is 0 Å². The molecule has 8 heteroatoms. The molecule has 0 spiro atoms. The number of hydrogen-bond acceptors (Lipinski definition) is 3. The van der Waals surface area contributed by atoms with Gasteiger partial charge in [0.05, 0.1) is 6.54 Å². The number of halogens is 2. The Hall–Kier alpha value is -3.52. The predicted octanol–water partition coefficient (Wildman–Crippen LogP) is 3.89. The van der Waals surface area contributed by atoms with Crippen LogP contribution in [-0.2, 0) is 11.3 Å². The third-order valence-electron chi connectivity index (χ3n) is 4.28. The summed E-state index contributed by atoms with van der Waals surface area (Å²) in [6.07, 6.45) is 0. The molecule has 0 aromatic heterocycles. The van der Waals surface area contributed by atoms with E-state index in [4.69, 9.17) is 0 Å². The zero-order chi connectivity index (χ0) is 22.2. The minimum absolute atomic E-state index is 0.160. The maximum absolute atomic E-state index is 13.0. The molecule has 0 fully saturated rings. The number of amides is 3. The lowest BCUT2D eigenvalue weighted by molar-refractivity contribution is -0.120. The van der Waals surface area contributed by atoms with Gasteiger partial charge in [0.1, 0.15) is 5.82 Å². The first-order valence-electron chi connectivity index (χ1n) is 9.37. The van der Waals surface area contributed by atoms with Crippen molar-refractivity contribution in [2.75, 3.05) is 11.9 Å². The van der Waals surface area contributed by atoms with E-state index in [-0.39, 0.29) is 30.8 Å². The fraction of sp³-hybridized carbons (Fsp3) is 0.0870. The molecule has 0 saturated heterocycles. The Morgan fingerprint density at radius 3 is 2.29 bits per heavy atom. The van der Waals surface area contributed by atoms with Gasteiger partial charge in [-0.2, -0.15) is 0 Å². The Morgan fingerprint density at radius 1 is 0.806 bits per heavy atom. The van der Waals surface area contributed by atoms with Crippen molar-refractivity contribution in [3.63, 3.8) is 0 Å². The van der Waals surface area contributed by atoms with E-state index in [1.807, 2.05) is 0 Å². The molecule has 6 nitrogen and oxygen atoms in total. The number of carbonyl (C=O) groups is 3. The van der Waals surface area contributed by atoms with Gasteiger partial charge in [0.2, 0.25) is 5.91 Å². The number of carbonyl (C=O) groups excluding carboxylic acids is 3. The summed E-state index contributed by atoms with van der Waals surface area (Å²) in [5, 5.41) is 8.02. The van der Waals surface area contributed by atoms with Gasteiger partial charge >= 0.3 is 0 Å². The van der Waals surface area contributed by atoms with E-state index in [2.05, 4.69) is 31.9 Å². The summed E-state index contributed by atoms with van der Waals surface area (Å²) in [7, 11) is 0. The molecule has 3 aromatic carbocycles. The van der Waals surface area contributed by atoms with Crippen LogP contribution < -0.4 is 16.0 Å². The normalized spacial score (nSPS) is 10.3. The second-order valence-corrected chi connectivity index (χ2v) is 7.55. The van der Waals surface area contributed by atoms with E-state index in [1.165, 1.54) is 24.3 Å². The topological polar surface area (TPSA) is 87.3 Å². The molecule has 158 valence electrons. The van der Waals surface area contributed by atoms with Gasteiger partial charge in [-0.1, -0.05) is 34.1 Å². The maximum atomic E-state index is 13.0. The summed E-state index contributed by atoms with van der Waals surface area (Å²) < 4.78 is 13.8. The molecule has 0 radical (unpaired) electrons. The first kappa shape index (κ1) is 22.2. The zero-order valence-electron chi connectivity index (χ0n) is 16.3. The van der Waals surface area contributed by atoms with Crippen LogP contribution in [0.3, 0.4) is 0 Å². The molecule has 3 aromatic rings. The monoisotopic (exact) mass is 483 g/mol. The van der Waals surface area contributed by atoms with Crippen LogP contribution in [0.1, 0.15) is 26.3 Å². The van der Waals surface area contributed by atoms with E-state index in [1.54, 1.807) is 48.5 Å². The quantitative estimate of drug-likeness (QED) is 0.476. The Morgan fingerprint density at radius 2 is 1.55 bits per heavy atom. The first-order valence-corrected chi connectivity index (χ1v) is 10.2. The Balaban J connectivity index is 1.49. The van der Waals surface area contributed by atoms with Crippen LogP contribution in [-0.4, -0.2) is 24.3 Å². The van der Waals surface area contributed by atoms with Gasteiger partial charge in [0, 0.05) is 27.8 Å². The number of rotatable bonds is 7. The van der Waals surface area contributed by atoms with Crippen LogP contribution in [0, 0.1) is 5.82 Å². The molecule has 3 rings (SSSR count). The standard InChI is InChI=1S/C23H19BrFN3O3/c24-18-5-2-4-17(12-18)22(30)27-14-21(29)26-13-15-3-1-6-20(11-15)28-23(31)16-7-9-19(25)10-8-16/h1-12H,13-14H2,(H,26,29)(H,27,30)(H,28,31). The number of nitrogens with one attached hydrogen (secondary N) is 3. The van der Waals surface area contributed by atoms with Crippen molar-refractivity contribution in [3.8, 4) is 0 Å². The Labute approximate surface area is 187 Å². The molecule has 31 heavy (non-hydrogen) atoms. The maximum Gasteiger partial charge on any atom is 0.255 e. The van der Waals surface area contributed by atoms with Crippen LogP contribution in [0.15, 0.2) is 77.3 Å². The largest absolute Gasteiger partial charge is 0.350 e. The number of anilines is 1. The van der Waals surface area contributed by atoms with E-state index in [9.17, 15) is 18.8 Å². The van der Waals surface area contributed by atoms with Crippen molar-refractivity contribution in [1.82, 2.24) is 10.6 Å². The zero-order valence-corrected chi connectivity index (χ0v) is 17.9. The summed E-state index contributed by atoms with van der Waals surface area (Å²) in [5.41, 5.74) is 2.10. The summed E-state index contributed by atoms with van der Waals surface area (Å²) in [5.74, 6) is -1.47. The second-order valence-electron chi connectivity index (χ2n) is 6.63. The van der Waals surface area contributed by atoms with Crippen molar-refractivity contribution in [3.05, 3.63) is 99.8 Å². The minimum atomic E-state index is -0.415. The van der Waals surface area contributed by atoms with Crippen LogP contribution in [0.2, 0.25) is 0 Å². The van der Waals surface area contributed by atoms with Gasteiger partial charge in [-0.15, -0.1) is 0 Å². The number of benzene rings is 3. The summed E-state index contributed by atoms with van der Waals surface area (Å²) in [6.45, 7) is 0.0676. The van der Waals surface area contributed by atoms with Gasteiger partial charge in [0.25, 0.3) is 11.8 Å². The third-order valence-corrected chi connectivity index (χ3v) is 4.77. The van der Waals surface area contributed by atoms with Crippen molar-refractivity contribution in [1.29, 1.82) is 0 Å². The van der Waals surface area contributed by atoms with E-state index in [0.29, 0.717) is 16.8 Å². The molecule has 0 atom stereocenters. The average Bonchev–Trinajstić information content (AvgIpc) is 2.76. The first-order chi connectivity index (χ1) is 14.9. The highest BCUT2D eigenvalue weighted by atomic mass is 79.9. The Kier molecular flexibility index (Phi) is 7.50. The molecular formula is C23H19BrFN3O3. The highest BCUT2D eigenvalue weighted by Gasteiger charge is 2.09. The molecule has 0 aliphatic heterocycles. The third kappa shape index (κ3) is 6.75. The van der Waals surface area contributed by atoms with Crippen LogP contribution in [0.25, 0.3) is 0 Å². The Bertz CT molecular complexity index is 1100. The number of hydrogen-bond donors (Lipinski definition) is 3. The van der Waals surface area contributed by atoms with Crippen LogP contribution >= 0.6 is 15.9 Å². The molecule has 0 heterocycles. The molecule has 3 N–H and O–H groups in total. The highest BCUT2D eigenvalue weighted by molar-refractivity contribution is 9.10. The highest BCUT2D eigenvalue weighted by Crippen LogP contribution is 2.13. The molecule has 0 aliphatic rings. The van der Waals surface area contributed by atoms with Crippen LogP contribution in [0.4, 0.5) is 10.1 Å². The lowest BCUT2D eigenvalue weighted by Gasteiger charge is -2.10. The van der Waals surface area contributed by atoms with E-state index in [0.717, 1.165) is 10.0 Å². The average molecular weight is 484 g/mol. The van der Waals surface area contributed by atoms with Gasteiger partial charge < -0.3 is 16.0 Å². The summed E-state index contributed by atoms with van der Waals surface area (Å²) in [4.78, 5) is 36.4. The summed E-state index contributed by atoms with van der Waals surface area (Å²) >= 11 is 3.30. The molecule has 0 aliphatic carbocycles. The van der Waals surface area contributed by atoms with E-state index < -0.39 is 5.82 Å². The predicted molar refractivity (Wildman–Crippen MR) is 119 cm³/mol. The van der Waals surface area contributed by atoms with Crippen molar-refractivity contribution < 1.29 is 18.8 Å². The van der Waals surface area contributed by atoms with Gasteiger partial charge in [-0.25, -0.2) is 4.39 Å². The SMILES string of the molecule is O=C(CNC(=O)c1cccc(Br)c1)NCc1cccc(NC(=O)c2ccc(F)cc2)c1. The van der Waals surface area contributed by atoms with Gasteiger partial charge in [0.15, 0.2) is 0 Å². The molecule has 3 amide bonds. The molecular weight excluding hydrogens is 465 g/mol. The van der Waals surface area contributed by atoms with Crippen molar-refractivity contribution in [2.45, 2.75) is 6.54 Å². The summed E-state index contributed by atoms with van der Waals surface area (Å²) in [6, 6.07) is 19.1. The van der Waals surface area contributed by atoms with Crippen molar-refractivity contribution in [2.24, 2.45) is 0 Å². The lowest BCUT2D eigenvalue weighted by atomic mass is 10.1. The fourth-order valence-corrected chi connectivity index (χ4v) is 3.12. The second kappa shape index (κ2) is 10.5. The van der Waals surface area contributed by atoms with E-state index >= 15 is 0 Å².